The first-order valence-corrected chi connectivity index (χ1v) is 41.0. The van der Waals surface area contributed by atoms with Crippen molar-refractivity contribution in [3.63, 3.8) is 0 Å². The lowest BCUT2D eigenvalue weighted by Crippen LogP contribution is -2.30. The van der Waals surface area contributed by atoms with Gasteiger partial charge in [-0.25, -0.2) is 9.13 Å². The highest BCUT2D eigenvalue weighted by molar-refractivity contribution is 7.47. The van der Waals surface area contributed by atoms with E-state index in [1.165, 1.54) is 173 Å². The lowest BCUT2D eigenvalue weighted by Gasteiger charge is -2.21. The van der Waals surface area contributed by atoms with Crippen LogP contribution in [0.5, 0.6) is 0 Å². The van der Waals surface area contributed by atoms with Gasteiger partial charge in [0.05, 0.1) is 26.4 Å². The van der Waals surface area contributed by atoms with E-state index < -0.39 is 97.5 Å². The second-order valence-electron chi connectivity index (χ2n) is 27.1. The summed E-state index contributed by atoms with van der Waals surface area (Å²) in [7, 11) is -9.89. The second-order valence-corrected chi connectivity index (χ2v) is 30.0. The first-order chi connectivity index (χ1) is 44.4. The Kier molecular flexibility index (Phi) is 63.7. The van der Waals surface area contributed by atoms with Crippen molar-refractivity contribution in [1.29, 1.82) is 0 Å². The number of unbranched alkanes of at least 4 members (excludes halogenated alkanes) is 41. The average molecular weight is 1350 g/mol. The summed E-state index contributed by atoms with van der Waals surface area (Å²) in [6, 6.07) is 0. The quantitative estimate of drug-likeness (QED) is 0.0222. The van der Waals surface area contributed by atoms with Gasteiger partial charge >= 0.3 is 39.5 Å². The minimum Gasteiger partial charge on any atom is -0.462 e. The van der Waals surface area contributed by atoms with Crippen molar-refractivity contribution in [3.8, 4) is 0 Å². The molecule has 0 bridgehead atoms. The van der Waals surface area contributed by atoms with Crippen LogP contribution in [0.3, 0.4) is 0 Å². The summed E-state index contributed by atoms with van der Waals surface area (Å²) < 4.78 is 68.2. The first-order valence-electron chi connectivity index (χ1n) is 38.0. The Morgan fingerprint density at radius 3 is 0.826 bits per heavy atom. The zero-order chi connectivity index (χ0) is 67.9. The van der Waals surface area contributed by atoms with Gasteiger partial charge in [0.1, 0.15) is 19.3 Å². The maximum absolute atomic E-state index is 13.1. The molecule has 92 heavy (non-hydrogen) atoms. The lowest BCUT2D eigenvalue weighted by atomic mass is 9.99. The van der Waals surface area contributed by atoms with Crippen LogP contribution in [-0.4, -0.2) is 96.7 Å². The van der Waals surface area contributed by atoms with Gasteiger partial charge < -0.3 is 33.8 Å². The van der Waals surface area contributed by atoms with E-state index in [0.29, 0.717) is 25.7 Å². The van der Waals surface area contributed by atoms with Gasteiger partial charge in [-0.3, -0.25) is 37.3 Å². The molecule has 3 unspecified atom stereocenters. The molecule has 17 nitrogen and oxygen atoms in total. The monoisotopic (exact) mass is 1350 g/mol. The predicted octanol–water partition coefficient (Wildman–Crippen LogP) is 21.2. The third kappa shape index (κ3) is 65.4. The molecule has 0 aromatic heterocycles. The van der Waals surface area contributed by atoms with Crippen LogP contribution in [-0.2, 0) is 65.4 Å². The van der Waals surface area contributed by atoms with E-state index in [9.17, 15) is 43.2 Å². The number of carbonyl (C=O) groups excluding carboxylic acids is 4. The van der Waals surface area contributed by atoms with Crippen LogP contribution in [0.15, 0.2) is 0 Å². The van der Waals surface area contributed by atoms with E-state index in [0.717, 1.165) is 121 Å². The van der Waals surface area contributed by atoms with Gasteiger partial charge in [0.2, 0.25) is 0 Å². The second kappa shape index (κ2) is 65.0. The van der Waals surface area contributed by atoms with Crippen LogP contribution >= 0.6 is 15.6 Å². The fourth-order valence-electron chi connectivity index (χ4n) is 11.1. The molecule has 0 aliphatic rings. The Balaban J connectivity index is 5.15. The molecule has 3 N–H and O–H groups in total. The molecule has 0 aromatic carbocycles. The van der Waals surface area contributed by atoms with Crippen molar-refractivity contribution in [2.45, 2.75) is 394 Å². The smallest absolute Gasteiger partial charge is 0.462 e. The molecule has 0 saturated carbocycles. The fraction of sp³-hybridized carbons (Fsp3) is 0.945. The number of esters is 4. The molecule has 0 aliphatic heterocycles. The van der Waals surface area contributed by atoms with E-state index >= 15 is 0 Å². The molecule has 0 rings (SSSR count). The summed E-state index contributed by atoms with van der Waals surface area (Å²) in [6.45, 7) is 9.59. The van der Waals surface area contributed by atoms with Crippen molar-refractivity contribution in [1.82, 2.24) is 0 Å². The number of aliphatic hydroxyl groups is 1. The highest BCUT2D eigenvalue weighted by Gasteiger charge is 2.30. The van der Waals surface area contributed by atoms with Crippen LogP contribution in [0.4, 0.5) is 0 Å². The van der Waals surface area contributed by atoms with Crippen LogP contribution in [0.1, 0.15) is 375 Å². The predicted molar refractivity (Wildman–Crippen MR) is 372 cm³/mol. The molecular weight excluding hydrogens is 1210 g/mol. The van der Waals surface area contributed by atoms with Gasteiger partial charge in [-0.15, -0.1) is 0 Å². The summed E-state index contributed by atoms with van der Waals surface area (Å²) in [5, 5.41) is 10.6. The van der Waals surface area contributed by atoms with Crippen LogP contribution in [0, 0.1) is 11.8 Å². The average Bonchev–Trinajstić information content (AvgIpc) is 1.71. The Labute approximate surface area is 562 Å². The van der Waals surface area contributed by atoms with Gasteiger partial charge in [0.15, 0.2) is 12.2 Å². The molecular formula is C73H142O17P2. The van der Waals surface area contributed by atoms with Crippen molar-refractivity contribution < 1.29 is 80.2 Å². The van der Waals surface area contributed by atoms with Crippen molar-refractivity contribution in [3.05, 3.63) is 0 Å². The molecule has 0 fully saturated rings. The number of rotatable bonds is 72. The molecule has 0 spiro atoms. The van der Waals surface area contributed by atoms with Gasteiger partial charge in [0, 0.05) is 25.7 Å². The fourth-order valence-corrected chi connectivity index (χ4v) is 12.7. The summed E-state index contributed by atoms with van der Waals surface area (Å²) in [6.07, 6.45) is 51.6. The zero-order valence-corrected chi connectivity index (χ0v) is 61.6. The van der Waals surface area contributed by atoms with E-state index in [4.69, 9.17) is 37.0 Å². The molecule has 0 radical (unpaired) electrons. The van der Waals surface area contributed by atoms with Crippen LogP contribution in [0.2, 0.25) is 0 Å². The van der Waals surface area contributed by atoms with Gasteiger partial charge in [-0.1, -0.05) is 324 Å². The van der Waals surface area contributed by atoms with Crippen LogP contribution < -0.4 is 0 Å². The Morgan fingerprint density at radius 2 is 0.554 bits per heavy atom. The Bertz CT molecular complexity index is 1790. The molecule has 6 atom stereocenters. The summed E-state index contributed by atoms with van der Waals surface area (Å²) in [4.78, 5) is 72.4. The molecule has 0 saturated heterocycles. The molecule has 19 heteroatoms. The zero-order valence-electron chi connectivity index (χ0n) is 59.9. The van der Waals surface area contributed by atoms with E-state index in [-0.39, 0.29) is 25.7 Å². The lowest BCUT2D eigenvalue weighted by molar-refractivity contribution is -0.161. The van der Waals surface area contributed by atoms with Gasteiger partial charge in [-0.2, -0.15) is 0 Å². The number of phosphoric ester groups is 2. The van der Waals surface area contributed by atoms with E-state index in [2.05, 4.69) is 41.5 Å². The number of ether oxygens (including phenoxy) is 4. The molecule has 546 valence electrons. The minimum atomic E-state index is -4.95. The van der Waals surface area contributed by atoms with Crippen LogP contribution in [0.25, 0.3) is 0 Å². The molecule has 0 heterocycles. The third-order valence-electron chi connectivity index (χ3n) is 17.3. The van der Waals surface area contributed by atoms with Gasteiger partial charge in [-0.05, 0) is 37.5 Å². The maximum Gasteiger partial charge on any atom is 0.472 e. The van der Waals surface area contributed by atoms with E-state index in [1.807, 2.05) is 0 Å². The van der Waals surface area contributed by atoms with Crippen molar-refractivity contribution in [2.24, 2.45) is 11.8 Å². The molecule has 0 aliphatic carbocycles. The molecule has 0 amide bonds. The third-order valence-corrected chi connectivity index (χ3v) is 19.2. The highest BCUT2D eigenvalue weighted by Crippen LogP contribution is 2.45. The van der Waals surface area contributed by atoms with Gasteiger partial charge in [0.25, 0.3) is 0 Å². The van der Waals surface area contributed by atoms with Crippen molar-refractivity contribution in [2.75, 3.05) is 39.6 Å². The minimum absolute atomic E-state index is 0.105. The topological polar surface area (TPSA) is 237 Å². The van der Waals surface area contributed by atoms with E-state index in [1.54, 1.807) is 0 Å². The number of carbonyl (C=O) groups is 4. The summed E-state index contributed by atoms with van der Waals surface area (Å²) in [5.41, 5.74) is 0. The summed E-state index contributed by atoms with van der Waals surface area (Å²) in [5.74, 6) is -0.468. The standard InChI is InChI=1S/C73H142O17P2/c1-7-10-12-14-16-38-45-51-57-72(77)89-68(61-83-70(75)55-49-43-35-15-13-11-8-2)63-87-91(79,80)85-59-67(74)60-86-92(81,82)88-64-69(62-84-71(76)56-50-44-39-33-29-25-22-21-24-28-32-37-42-48-54-66(6)9-3)90-73(78)58-52-46-40-34-30-26-20-18-17-19-23-27-31-36-41-47-53-65(4)5/h65-69,74H,7-64H2,1-6H3,(H,79,80)(H,81,82)/t66?,67-,68+,69+/m0/s1. The number of hydrogen-bond donors (Lipinski definition) is 3. The Hall–Kier alpha value is -1.94. The molecule has 0 aromatic rings. The van der Waals surface area contributed by atoms with Crippen molar-refractivity contribution >= 4 is 39.5 Å². The SMILES string of the molecule is CCCCCCCCCCC(=O)O[C@H](COC(=O)CCCCCCCCC)COP(=O)(O)OC[C@H](O)COP(=O)(O)OC[C@@H](COC(=O)CCCCCCCCCCCCCCCCC(C)CC)OC(=O)CCCCCCCCCCCCCCCCCCC(C)C. The number of phosphoric acid groups is 2. The summed E-state index contributed by atoms with van der Waals surface area (Å²) >= 11 is 0. The number of hydrogen-bond acceptors (Lipinski definition) is 15. The number of aliphatic hydroxyl groups excluding tert-OH is 1. The first kappa shape index (κ1) is 90.1. The maximum atomic E-state index is 13.1. The normalized spacial score (nSPS) is 14.4. The highest BCUT2D eigenvalue weighted by atomic mass is 31.2. The Morgan fingerprint density at radius 1 is 0.315 bits per heavy atom. The largest absolute Gasteiger partial charge is 0.472 e.